The van der Waals surface area contributed by atoms with Crippen molar-refractivity contribution in [3.8, 4) is 0 Å². The van der Waals surface area contributed by atoms with Crippen LogP contribution in [0.4, 0.5) is 13.2 Å². The van der Waals surface area contributed by atoms with Crippen molar-refractivity contribution in [3.05, 3.63) is 33.8 Å². The highest BCUT2D eigenvalue weighted by Crippen LogP contribution is 2.36. The van der Waals surface area contributed by atoms with Gasteiger partial charge in [-0.15, -0.1) is 11.6 Å². The molecule has 0 aliphatic carbocycles. The lowest BCUT2D eigenvalue weighted by Crippen LogP contribution is -2.10. The third-order valence-electron chi connectivity index (χ3n) is 2.04. The predicted molar refractivity (Wildman–Crippen MR) is 56.2 cm³/mol. The second-order valence-electron chi connectivity index (χ2n) is 3.20. The Bertz CT molecular complexity index is 427. The summed E-state index contributed by atoms with van der Waals surface area (Å²) in [7, 11) is 0. The summed E-state index contributed by atoms with van der Waals surface area (Å²) in [6, 6.07) is 1.85. The van der Waals surface area contributed by atoms with Crippen molar-refractivity contribution in [2.45, 2.75) is 13.1 Å². The summed E-state index contributed by atoms with van der Waals surface area (Å²) < 4.78 is 37.5. The van der Waals surface area contributed by atoms with Gasteiger partial charge in [0.25, 0.3) is 0 Å². The van der Waals surface area contributed by atoms with Crippen molar-refractivity contribution < 1.29 is 18.0 Å². The van der Waals surface area contributed by atoms with E-state index in [0.29, 0.717) is 5.56 Å². The highest BCUT2D eigenvalue weighted by atomic mass is 35.5. The maximum Gasteiger partial charge on any atom is 0.417 e. The molecule has 0 unspecified atom stereocenters. The van der Waals surface area contributed by atoms with Crippen LogP contribution in [0.15, 0.2) is 12.1 Å². The highest BCUT2D eigenvalue weighted by molar-refractivity contribution is 6.32. The molecule has 88 valence electrons. The van der Waals surface area contributed by atoms with E-state index >= 15 is 0 Å². The molecule has 1 aromatic carbocycles. The van der Waals surface area contributed by atoms with Gasteiger partial charge in [-0.3, -0.25) is 4.79 Å². The molecule has 0 aromatic heterocycles. The molecule has 0 radical (unpaired) electrons. The molecule has 0 amide bonds. The van der Waals surface area contributed by atoms with Crippen molar-refractivity contribution >= 4 is 29.0 Å². The van der Waals surface area contributed by atoms with Crippen LogP contribution < -0.4 is 0 Å². The third kappa shape index (κ3) is 2.68. The van der Waals surface area contributed by atoms with E-state index in [9.17, 15) is 18.0 Å². The quantitative estimate of drug-likeness (QED) is 0.585. The smallest absolute Gasteiger partial charge is 0.293 e. The van der Waals surface area contributed by atoms with E-state index in [-0.39, 0.29) is 11.4 Å². The van der Waals surface area contributed by atoms with Crippen LogP contribution in [0.2, 0.25) is 5.02 Å². The summed E-state index contributed by atoms with van der Waals surface area (Å²) >= 11 is 10.8. The van der Waals surface area contributed by atoms with Crippen LogP contribution in [-0.2, 0) is 6.18 Å². The fraction of sp³-hybridized carbons (Fsp3) is 0.300. The summed E-state index contributed by atoms with van der Waals surface area (Å²) in [4.78, 5) is 11.3. The number of carbonyl (C=O) groups excluding carboxylic acids is 1. The Kier molecular flexibility index (Phi) is 3.86. The molecule has 1 nitrogen and oxygen atoms in total. The molecule has 1 rings (SSSR count). The van der Waals surface area contributed by atoms with Crippen LogP contribution in [0.3, 0.4) is 0 Å². The van der Waals surface area contributed by atoms with Gasteiger partial charge in [-0.1, -0.05) is 11.6 Å². The zero-order chi connectivity index (χ0) is 12.5. The highest BCUT2D eigenvalue weighted by Gasteiger charge is 2.34. The molecule has 0 bridgehead atoms. The summed E-state index contributed by atoms with van der Waals surface area (Å²) in [6.07, 6.45) is -4.58. The van der Waals surface area contributed by atoms with Crippen LogP contribution in [0.5, 0.6) is 0 Å². The normalized spacial score (nSPS) is 11.6. The molecule has 0 aliphatic heterocycles. The van der Waals surface area contributed by atoms with E-state index in [4.69, 9.17) is 23.2 Å². The van der Waals surface area contributed by atoms with Crippen molar-refractivity contribution in [1.29, 1.82) is 0 Å². The van der Waals surface area contributed by atoms with Gasteiger partial charge in [-0.05, 0) is 24.6 Å². The minimum Gasteiger partial charge on any atom is -0.293 e. The molecule has 0 atom stereocenters. The van der Waals surface area contributed by atoms with E-state index in [1.165, 1.54) is 6.92 Å². The van der Waals surface area contributed by atoms with Gasteiger partial charge in [-0.2, -0.15) is 13.2 Å². The van der Waals surface area contributed by atoms with Crippen molar-refractivity contribution in [2.24, 2.45) is 0 Å². The van der Waals surface area contributed by atoms with Gasteiger partial charge in [0.05, 0.1) is 16.5 Å². The molecular weight excluding hydrogens is 264 g/mol. The fourth-order valence-electron chi connectivity index (χ4n) is 1.26. The Hall–Kier alpha value is -0.740. The lowest BCUT2D eigenvalue weighted by atomic mass is 10.0. The molecule has 0 aliphatic rings. The Morgan fingerprint density at radius 3 is 2.38 bits per heavy atom. The van der Waals surface area contributed by atoms with Crippen LogP contribution in [0, 0.1) is 6.92 Å². The molecular formula is C10H7Cl2F3O. The summed E-state index contributed by atoms with van der Waals surface area (Å²) in [5, 5.41) is -0.420. The minimum absolute atomic E-state index is 0.0493. The van der Waals surface area contributed by atoms with E-state index in [2.05, 4.69) is 0 Å². The summed E-state index contributed by atoms with van der Waals surface area (Å²) in [5.74, 6) is -0.916. The third-order valence-corrected chi connectivity index (χ3v) is 2.60. The number of Topliss-reactive ketones (excluding diaryl/α,β-unsaturated/α-hetero) is 1. The average molecular weight is 271 g/mol. The second kappa shape index (κ2) is 4.63. The Balaban J connectivity index is 3.39. The van der Waals surface area contributed by atoms with E-state index in [1.807, 2.05) is 0 Å². The largest absolute Gasteiger partial charge is 0.417 e. The van der Waals surface area contributed by atoms with Crippen LogP contribution in [0.1, 0.15) is 21.5 Å². The Labute approximate surface area is 100 Å². The molecule has 0 spiro atoms. The number of benzene rings is 1. The number of hydrogen-bond donors (Lipinski definition) is 0. The van der Waals surface area contributed by atoms with Crippen LogP contribution in [-0.4, -0.2) is 11.7 Å². The van der Waals surface area contributed by atoms with Gasteiger partial charge in [0.2, 0.25) is 0 Å². The lowest BCUT2D eigenvalue weighted by molar-refractivity contribution is -0.137. The minimum atomic E-state index is -4.58. The monoisotopic (exact) mass is 270 g/mol. The molecule has 0 N–H and O–H groups in total. The van der Waals surface area contributed by atoms with Crippen molar-refractivity contribution in [3.63, 3.8) is 0 Å². The van der Waals surface area contributed by atoms with E-state index < -0.39 is 22.5 Å². The molecule has 0 saturated carbocycles. The molecule has 6 heteroatoms. The lowest BCUT2D eigenvalue weighted by Gasteiger charge is -2.12. The van der Waals surface area contributed by atoms with Crippen LogP contribution >= 0.6 is 23.2 Å². The number of hydrogen-bond acceptors (Lipinski definition) is 1. The number of halogens is 5. The van der Waals surface area contributed by atoms with Gasteiger partial charge in [-0.25, -0.2) is 0 Å². The Morgan fingerprint density at radius 2 is 1.94 bits per heavy atom. The maximum absolute atomic E-state index is 12.5. The first-order chi connectivity index (χ1) is 7.27. The molecule has 16 heavy (non-hydrogen) atoms. The zero-order valence-electron chi connectivity index (χ0n) is 8.16. The predicted octanol–water partition coefficient (Wildman–Crippen LogP) is 4.09. The Morgan fingerprint density at radius 1 is 1.38 bits per heavy atom. The number of carbonyl (C=O) groups is 1. The van der Waals surface area contributed by atoms with Gasteiger partial charge in [0.15, 0.2) is 5.78 Å². The van der Waals surface area contributed by atoms with E-state index in [0.717, 1.165) is 12.1 Å². The average Bonchev–Trinajstić information content (AvgIpc) is 2.14. The van der Waals surface area contributed by atoms with E-state index in [1.54, 1.807) is 0 Å². The number of ketones is 1. The summed E-state index contributed by atoms with van der Waals surface area (Å²) in [6.45, 7) is 1.51. The SMILES string of the molecule is Cc1cc(Cl)c(C(F)(F)F)cc1C(=O)CCl. The second-order valence-corrected chi connectivity index (χ2v) is 3.88. The number of aryl methyl sites for hydroxylation is 1. The zero-order valence-corrected chi connectivity index (χ0v) is 9.67. The number of alkyl halides is 4. The molecule has 0 heterocycles. The first-order valence-electron chi connectivity index (χ1n) is 4.24. The number of rotatable bonds is 2. The molecule has 0 saturated heterocycles. The van der Waals surface area contributed by atoms with Gasteiger partial charge in [0.1, 0.15) is 0 Å². The van der Waals surface area contributed by atoms with Gasteiger partial charge < -0.3 is 0 Å². The fourth-order valence-corrected chi connectivity index (χ4v) is 1.73. The molecule has 0 fully saturated rings. The first kappa shape index (κ1) is 13.3. The van der Waals surface area contributed by atoms with Crippen molar-refractivity contribution in [2.75, 3.05) is 5.88 Å². The van der Waals surface area contributed by atoms with Gasteiger partial charge in [0, 0.05) is 5.56 Å². The van der Waals surface area contributed by atoms with Gasteiger partial charge >= 0.3 is 6.18 Å². The van der Waals surface area contributed by atoms with Crippen molar-refractivity contribution in [1.82, 2.24) is 0 Å². The topological polar surface area (TPSA) is 17.1 Å². The maximum atomic E-state index is 12.5. The van der Waals surface area contributed by atoms with Crippen LogP contribution in [0.25, 0.3) is 0 Å². The molecule has 1 aromatic rings. The first-order valence-corrected chi connectivity index (χ1v) is 5.15. The standard InChI is InChI=1S/C10H7Cl2F3O/c1-5-2-8(12)7(10(13,14)15)3-6(5)9(16)4-11/h2-3H,4H2,1H3. The summed E-state index contributed by atoms with van der Waals surface area (Å²) in [5.41, 5.74) is -0.691.